The number of Topliss-reactive ketones (excluding diaryl/α,β-unsaturated/α-hetero) is 1. The maximum Gasteiger partial charge on any atom is 0.304 e. The number of hydrogen-bond acceptors (Lipinski definition) is 2. The van der Waals surface area contributed by atoms with Crippen molar-refractivity contribution in [3.8, 4) is 0 Å². The molecule has 0 aliphatic heterocycles. The number of carbonyl (C=O) groups is 2. The average molecular weight is 271 g/mol. The van der Waals surface area contributed by atoms with E-state index in [2.05, 4.69) is 4.98 Å². The zero-order chi connectivity index (χ0) is 14.3. The second-order valence-electron chi connectivity index (χ2n) is 5.47. The number of nitrogens with one attached hydrogen (secondary N) is 1. The lowest BCUT2D eigenvalue weighted by Crippen LogP contribution is -2.32. The first-order chi connectivity index (χ1) is 9.61. The van der Waals surface area contributed by atoms with Crippen LogP contribution in [0.2, 0.25) is 0 Å². The third kappa shape index (κ3) is 1.92. The van der Waals surface area contributed by atoms with Crippen molar-refractivity contribution in [2.24, 2.45) is 11.8 Å². The van der Waals surface area contributed by atoms with Crippen LogP contribution in [0.4, 0.5) is 0 Å². The molecule has 1 heterocycles. The van der Waals surface area contributed by atoms with Crippen LogP contribution in [0.5, 0.6) is 0 Å². The molecule has 3 rings (SSSR count). The molecule has 4 nitrogen and oxygen atoms in total. The highest BCUT2D eigenvalue weighted by atomic mass is 16.4. The molecule has 0 spiro atoms. The van der Waals surface area contributed by atoms with Crippen molar-refractivity contribution in [2.75, 3.05) is 0 Å². The number of aliphatic carboxylic acids is 1. The fraction of sp³-hybridized carbons (Fsp3) is 0.375. The van der Waals surface area contributed by atoms with Crippen LogP contribution in [0.25, 0.3) is 10.9 Å². The number of aromatic amines is 1. The first kappa shape index (κ1) is 12.9. The molecule has 1 aromatic heterocycles. The minimum Gasteiger partial charge on any atom is -0.481 e. The minimum atomic E-state index is -0.902. The van der Waals surface area contributed by atoms with Gasteiger partial charge in [-0.25, -0.2) is 0 Å². The lowest BCUT2D eigenvalue weighted by Gasteiger charge is -2.28. The number of rotatable bonds is 3. The van der Waals surface area contributed by atoms with Crippen LogP contribution >= 0.6 is 0 Å². The van der Waals surface area contributed by atoms with Crippen LogP contribution in [0.3, 0.4) is 0 Å². The molecule has 1 aliphatic rings. The maximum atomic E-state index is 12.6. The summed E-state index contributed by atoms with van der Waals surface area (Å²) < 4.78 is 0. The van der Waals surface area contributed by atoms with Crippen LogP contribution in [-0.2, 0) is 11.2 Å². The highest BCUT2D eigenvalue weighted by Crippen LogP contribution is 2.37. The average Bonchev–Trinajstić information content (AvgIpc) is 2.80. The number of carboxylic acids is 1. The van der Waals surface area contributed by atoms with E-state index in [-0.39, 0.29) is 18.1 Å². The molecule has 2 atom stereocenters. The van der Waals surface area contributed by atoms with E-state index < -0.39 is 11.9 Å². The van der Waals surface area contributed by atoms with Gasteiger partial charge in [0.15, 0.2) is 5.78 Å². The van der Waals surface area contributed by atoms with Crippen LogP contribution in [0.1, 0.15) is 35.8 Å². The van der Waals surface area contributed by atoms with Gasteiger partial charge in [-0.3, -0.25) is 9.59 Å². The van der Waals surface area contributed by atoms with E-state index in [1.54, 1.807) is 0 Å². The Labute approximate surface area is 116 Å². The molecule has 0 unspecified atom stereocenters. The van der Waals surface area contributed by atoms with Crippen LogP contribution in [0.15, 0.2) is 24.3 Å². The summed E-state index contributed by atoms with van der Waals surface area (Å²) in [5.74, 6) is -1.23. The molecule has 0 saturated heterocycles. The molecule has 0 amide bonds. The normalized spacial score (nSPS) is 21.9. The molecule has 20 heavy (non-hydrogen) atoms. The van der Waals surface area contributed by atoms with Gasteiger partial charge in [-0.15, -0.1) is 0 Å². The summed E-state index contributed by atoms with van der Waals surface area (Å²) in [6.45, 7) is 2.02. The number of H-pyrrole nitrogens is 1. The molecule has 0 fully saturated rings. The van der Waals surface area contributed by atoms with Crippen molar-refractivity contribution in [1.29, 1.82) is 0 Å². The smallest absolute Gasteiger partial charge is 0.304 e. The van der Waals surface area contributed by atoms with Gasteiger partial charge >= 0.3 is 5.97 Å². The van der Waals surface area contributed by atoms with Gasteiger partial charge in [0.05, 0.1) is 12.1 Å². The molecule has 4 heteroatoms. The summed E-state index contributed by atoms with van der Waals surface area (Å²) in [7, 11) is 0. The van der Waals surface area contributed by atoms with Gasteiger partial charge in [0.2, 0.25) is 0 Å². The number of ketones is 1. The summed E-state index contributed by atoms with van der Waals surface area (Å²) in [6, 6.07) is 7.86. The molecule has 2 N–H and O–H groups in total. The minimum absolute atomic E-state index is 0.0447. The van der Waals surface area contributed by atoms with E-state index in [0.717, 1.165) is 29.3 Å². The summed E-state index contributed by atoms with van der Waals surface area (Å²) >= 11 is 0. The molecular weight excluding hydrogens is 254 g/mol. The first-order valence-electron chi connectivity index (χ1n) is 6.97. The Morgan fingerprint density at radius 2 is 2.15 bits per heavy atom. The van der Waals surface area contributed by atoms with Crippen LogP contribution < -0.4 is 0 Å². The third-order valence-electron chi connectivity index (χ3n) is 4.35. The van der Waals surface area contributed by atoms with Crippen molar-refractivity contribution < 1.29 is 14.7 Å². The van der Waals surface area contributed by atoms with Crippen LogP contribution in [0, 0.1) is 11.8 Å². The summed E-state index contributed by atoms with van der Waals surface area (Å²) in [5.41, 5.74) is 2.62. The molecule has 0 bridgehead atoms. The molecule has 1 aliphatic carbocycles. The fourth-order valence-corrected chi connectivity index (χ4v) is 3.30. The summed E-state index contributed by atoms with van der Waals surface area (Å²) in [6.07, 6.45) is 1.52. The van der Waals surface area contributed by atoms with E-state index in [0.29, 0.717) is 5.69 Å². The Hall–Kier alpha value is -2.10. The Kier molecular flexibility index (Phi) is 3.08. The lowest BCUT2D eigenvalue weighted by molar-refractivity contribution is -0.138. The molecule has 0 radical (unpaired) electrons. The van der Waals surface area contributed by atoms with Crippen molar-refractivity contribution in [3.05, 3.63) is 35.5 Å². The van der Waals surface area contributed by atoms with Gasteiger partial charge in [0.25, 0.3) is 0 Å². The van der Waals surface area contributed by atoms with Gasteiger partial charge in [0.1, 0.15) is 0 Å². The monoisotopic (exact) mass is 271 g/mol. The topological polar surface area (TPSA) is 70.2 Å². The standard InChI is InChI=1S/C16H17NO3/c1-2-9-7-12-10-5-3-4-6-13(10)17-15(12)16(20)11(9)8-14(18)19/h3-6,9,11,17H,2,7-8H2,1H3,(H,18,19)/t9-,11+/m1/s1. The Balaban J connectivity index is 2.10. The first-order valence-corrected chi connectivity index (χ1v) is 6.97. The number of benzene rings is 1. The second-order valence-corrected chi connectivity index (χ2v) is 5.47. The molecular formula is C16H17NO3. The molecule has 104 valence electrons. The number of para-hydroxylation sites is 1. The highest BCUT2D eigenvalue weighted by Gasteiger charge is 2.37. The van der Waals surface area contributed by atoms with Gasteiger partial charge in [0, 0.05) is 16.8 Å². The SMILES string of the molecule is CC[C@@H]1Cc2c([nH]c3ccccc23)C(=O)[C@H]1CC(=O)O. The number of hydrogen-bond donors (Lipinski definition) is 2. The predicted molar refractivity (Wildman–Crippen MR) is 75.9 cm³/mol. The summed E-state index contributed by atoms with van der Waals surface area (Å²) in [4.78, 5) is 26.8. The number of aromatic nitrogens is 1. The van der Waals surface area contributed by atoms with Gasteiger partial charge < -0.3 is 10.1 Å². The molecule has 0 saturated carbocycles. The molecule has 2 aromatic rings. The lowest BCUT2D eigenvalue weighted by atomic mass is 9.74. The maximum absolute atomic E-state index is 12.6. The number of carboxylic acid groups (broad SMARTS) is 1. The van der Waals surface area contributed by atoms with E-state index >= 15 is 0 Å². The molecule has 1 aromatic carbocycles. The second kappa shape index (κ2) is 4.78. The van der Waals surface area contributed by atoms with E-state index in [4.69, 9.17) is 5.11 Å². The fourth-order valence-electron chi connectivity index (χ4n) is 3.30. The number of carbonyl (C=O) groups excluding carboxylic acids is 1. The van der Waals surface area contributed by atoms with E-state index in [1.807, 2.05) is 31.2 Å². The van der Waals surface area contributed by atoms with Crippen molar-refractivity contribution in [3.63, 3.8) is 0 Å². The number of fused-ring (bicyclic) bond motifs is 3. The Morgan fingerprint density at radius 1 is 1.40 bits per heavy atom. The van der Waals surface area contributed by atoms with Gasteiger partial charge in [-0.2, -0.15) is 0 Å². The Morgan fingerprint density at radius 3 is 2.85 bits per heavy atom. The third-order valence-corrected chi connectivity index (χ3v) is 4.35. The zero-order valence-corrected chi connectivity index (χ0v) is 11.3. The Bertz CT molecular complexity index is 686. The highest BCUT2D eigenvalue weighted by molar-refractivity contribution is 6.05. The quantitative estimate of drug-likeness (QED) is 0.901. The van der Waals surface area contributed by atoms with Crippen molar-refractivity contribution >= 4 is 22.7 Å². The predicted octanol–water partition coefficient (Wildman–Crippen LogP) is 3.02. The summed E-state index contributed by atoms with van der Waals surface area (Å²) in [5, 5.41) is 10.1. The van der Waals surface area contributed by atoms with E-state index in [9.17, 15) is 9.59 Å². The van der Waals surface area contributed by atoms with E-state index in [1.165, 1.54) is 0 Å². The van der Waals surface area contributed by atoms with Crippen molar-refractivity contribution in [2.45, 2.75) is 26.2 Å². The van der Waals surface area contributed by atoms with Crippen LogP contribution in [-0.4, -0.2) is 21.8 Å². The largest absolute Gasteiger partial charge is 0.481 e. The van der Waals surface area contributed by atoms with Crippen molar-refractivity contribution in [1.82, 2.24) is 4.98 Å². The van der Waals surface area contributed by atoms with Gasteiger partial charge in [-0.1, -0.05) is 31.5 Å². The zero-order valence-electron chi connectivity index (χ0n) is 11.3. The van der Waals surface area contributed by atoms with Gasteiger partial charge in [-0.05, 0) is 24.0 Å².